The number of hydrogen-bond donors (Lipinski definition) is 1. The number of carbonyl (C=O) groups is 1. The third-order valence-corrected chi connectivity index (χ3v) is 5.33. The minimum absolute atomic E-state index is 0.000243. The molecule has 1 N–H and O–H groups in total. The fourth-order valence-electron chi connectivity index (χ4n) is 2.42. The van der Waals surface area contributed by atoms with Crippen molar-refractivity contribution in [3.63, 3.8) is 0 Å². The topological polar surface area (TPSA) is 47.6 Å². The summed E-state index contributed by atoms with van der Waals surface area (Å²) < 4.78 is 25.3. The molecule has 0 aliphatic heterocycles. The normalized spacial score (nSPS) is 11.1. The van der Waals surface area contributed by atoms with E-state index in [9.17, 15) is 9.18 Å². The second-order valence-electron chi connectivity index (χ2n) is 5.29. The molecule has 0 atom stereocenters. The number of hydrogen-bond acceptors (Lipinski definition) is 4. The van der Waals surface area contributed by atoms with E-state index in [0.29, 0.717) is 10.8 Å². The summed E-state index contributed by atoms with van der Waals surface area (Å²) in [5.74, 6) is -0.537. The van der Waals surface area contributed by atoms with Crippen molar-refractivity contribution in [2.24, 2.45) is 0 Å². The molecule has 0 aliphatic carbocycles. The fourth-order valence-corrected chi connectivity index (χ4v) is 3.81. The van der Waals surface area contributed by atoms with Crippen LogP contribution in [0.2, 0.25) is 5.02 Å². The average Bonchev–Trinajstić information content (AvgIpc) is 2.97. The zero-order chi connectivity index (χ0) is 18.7. The maximum absolute atomic E-state index is 14.1. The third kappa shape index (κ3) is 3.66. The Labute approximate surface area is 158 Å². The number of halogens is 2. The van der Waals surface area contributed by atoms with Crippen LogP contribution >= 0.6 is 22.9 Å². The number of anilines is 1. The van der Waals surface area contributed by atoms with Crippen LogP contribution < -0.4 is 14.8 Å². The summed E-state index contributed by atoms with van der Waals surface area (Å²) in [5, 5.41) is 4.01. The number of fused-ring (bicyclic) bond motifs is 1. The Morgan fingerprint density at radius 2 is 1.88 bits per heavy atom. The SMILES string of the molecule is COc1cc(F)c(NC(=O)/C=C/c2sc3ccccc3c2Cl)cc1OC. The third-order valence-electron chi connectivity index (χ3n) is 3.68. The lowest BCUT2D eigenvalue weighted by Crippen LogP contribution is -2.09. The van der Waals surface area contributed by atoms with E-state index < -0.39 is 11.7 Å². The van der Waals surface area contributed by atoms with Crippen molar-refractivity contribution in [1.29, 1.82) is 0 Å². The molecule has 0 aliphatic rings. The number of rotatable bonds is 5. The van der Waals surface area contributed by atoms with Gasteiger partial charge in [-0.2, -0.15) is 0 Å². The molecular formula is C19H15ClFNO3S. The average molecular weight is 392 g/mol. The first kappa shape index (κ1) is 18.2. The van der Waals surface area contributed by atoms with Crippen LogP contribution in [0.4, 0.5) is 10.1 Å². The number of nitrogens with one attached hydrogen (secondary N) is 1. The Bertz CT molecular complexity index is 1000. The van der Waals surface area contributed by atoms with Gasteiger partial charge in [0.25, 0.3) is 0 Å². The predicted octanol–water partition coefficient (Wildman–Crippen LogP) is 5.36. The number of methoxy groups -OCH3 is 2. The van der Waals surface area contributed by atoms with Crippen LogP contribution in [0, 0.1) is 5.82 Å². The number of thiophene rings is 1. The minimum Gasteiger partial charge on any atom is -0.493 e. The maximum atomic E-state index is 14.1. The molecular weight excluding hydrogens is 377 g/mol. The molecule has 1 heterocycles. The predicted molar refractivity (Wildman–Crippen MR) is 104 cm³/mol. The van der Waals surface area contributed by atoms with Gasteiger partial charge in [-0.1, -0.05) is 29.8 Å². The molecule has 0 bridgehead atoms. The van der Waals surface area contributed by atoms with Gasteiger partial charge in [-0.15, -0.1) is 11.3 Å². The van der Waals surface area contributed by atoms with Crippen LogP contribution in [0.3, 0.4) is 0 Å². The highest BCUT2D eigenvalue weighted by Crippen LogP contribution is 2.36. The van der Waals surface area contributed by atoms with Crippen molar-refractivity contribution < 1.29 is 18.7 Å². The Balaban J connectivity index is 1.80. The zero-order valence-electron chi connectivity index (χ0n) is 14.0. The van der Waals surface area contributed by atoms with Crippen molar-refractivity contribution in [2.75, 3.05) is 19.5 Å². The van der Waals surface area contributed by atoms with E-state index in [1.165, 1.54) is 37.7 Å². The molecule has 1 amide bonds. The molecule has 26 heavy (non-hydrogen) atoms. The van der Waals surface area contributed by atoms with Gasteiger partial charge in [0, 0.05) is 33.2 Å². The fraction of sp³-hybridized carbons (Fsp3) is 0.105. The largest absolute Gasteiger partial charge is 0.493 e. The van der Waals surface area contributed by atoms with Crippen LogP contribution in [-0.2, 0) is 4.79 Å². The van der Waals surface area contributed by atoms with Gasteiger partial charge in [0.15, 0.2) is 17.3 Å². The Morgan fingerprint density at radius 3 is 2.58 bits per heavy atom. The second-order valence-corrected chi connectivity index (χ2v) is 6.75. The first-order valence-corrected chi connectivity index (χ1v) is 8.80. The van der Waals surface area contributed by atoms with Crippen LogP contribution in [-0.4, -0.2) is 20.1 Å². The van der Waals surface area contributed by atoms with E-state index in [2.05, 4.69) is 5.32 Å². The van der Waals surface area contributed by atoms with Gasteiger partial charge in [0.2, 0.25) is 5.91 Å². The maximum Gasteiger partial charge on any atom is 0.248 e. The molecule has 0 fully saturated rings. The Hall–Kier alpha value is -2.57. The molecule has 3 rings (SSSR count). The van der Waals surface area contributed by atoms with Crippen molar-refractivity contribution >= 4 is 50.7 Å². The van der Waals surface area contributed by atoms with Crippen LogP contribution in [0.5, 0.6) is 11.5 Å². The first-order valence-electron chi connectivity index (χ1n) is 7.61. The van der Waals surface area contributed by atoms with Crippen LogP contribution in [0.1, 0.15) is 4.88 Å². The second kappa shape index (κ2) is 7.76. The molecule has 2 aromatic carbocycles. The summed E-state index contributed by atoms with van der Waals surface area (Å²) in [5.41, 5.74) is -0.000243. The molecule has 0 radical (unpaired) electrons. The Morgan fingerprint density at radius 1 is 1.19 bits per heavy atom. The number of ether oxygens (including phenoxy) is 2. The van der Waals surface area contributed by atoms with Crippen LogP contribution in [0.25, 0.3) is 16.2 Å². The quantitative estimate of drug-likeness (QED) is 0.595. The molecule has 7 heteroatoms. The zero-order valence-corrected chi connectivity index (χ0v) is 15.6. The summed E-state index contributed by atoms with van der Waals surface area (Å²) in [6.45, 7) is 0. The lowest BCUT2D eigenvalue weighted by atomic mass is 10.2. The smallest absolute Gasteiger partial charge is 0.248 e. The minimum atomic E-state index is -0.621. The summed E-state index contributed by atoms with van der Waals surface area (Å²) in [6, 6.07) is 10.2. The molecule has 0 saturated heterocycles. The highest BCUT2D eigenvalue weighted by molar-refractivity contribution is 7.20. The van der Waals surface area contributed by atoms with E-state index in [0.717, 1.165) is 21.0 Å². The van der Waals surface area contributed by atoms with Gasteiger partial charge in [-0.3, -0.25) is 4.79 Å². The number of benzene rings is 2. The highest BCUT2D eigenvalue weighted by Gasteiger charge is 2.13. The summed E-state index contributed by atoms with van der Waals surface area (Å²) in [6.07, 6.45) is 2.92. The molecule has 1 aromatic heterocycles. The van der Waals surface area contributed by atoms with Gasteiger partial charge < -0.3 is 14.8 Å². The van der Waals surface area contributed by atoms with Gasteiger partial charge in [-0.25, -0.2) is 4.39 Å². The molecule has 134 valence electrons. The lowest BCUT2D eigenvalue weighted by molar-refractivity contribution is -0.111. The number of amides is 1. The van der Waals surface area contributed by atoms with E-state index in [4.69, 9.17) is 21.1 Å². The number of carbonyl (C=O) groups excluding carboxylic acids is 1. The van der Waals surface area contributed by atoms with Crippen LogP contribution in [0.15, 0.2) is 42.5 Å². The van der Waals surface area contributed by atoms with Crippen molar-refractivity contribution in [3.8, 4) is 11.5 Å². The summed E-state index contributed by atoms with van der Waals surface area (Å²) in [7, 11) is 2.84. The van der Waals surface area contributed by atoms with Crippen molar-refractivity contribution in [2.45, 2.75) is 0 Å². The van der Waals surface area contributed by atoms with Gasteiger partial charge >= 0.3 is 0 Å². The molecule has 3 aromatic rings. The lowest BCUT2D eigenvalue weighted by Gasteiger charge is -2.11. The molecule has 4 nitrogen and oxygen atoms in total. The summed E-state index contributed by atoms with van der Waals surface area (Å²) >= 11 is 7.81. The highest BCUT2D eigenvalue weighted by atomic mass is 35.5. The van der Waals surface area contributed by atoms with Crippen molar-refractivity contribution in [3.05, 3.63) is 58.2 Å². The van der Waals surface area contributed by atoms with Gasteiger partial charge in [-0.05, 0) is 12.1 Å². The first-order chi connectivity index (χ1) is 12.5. The van der Waals surface area contributed by atoms with Crippen molar-refractivity contribution in [1.82, 2.24) is 0 Å². The van der Waals surface area contributed by atoms with E-state index in [1.54, 1.807) is 6.08 Å². The van der Waals surface area contributed by atoms with E-state index in [1.807, 2.05) is 24.3 Å². The Kier molecular flexibility index (Phi) is 5.44. The molecule has 0 unspecified atom stereocenters. The standard InChI is InChI=1S/C19H15ClFNO3S/c1-24-14-9-12(21)13(10-15(14)25-2)22-18(23)8-7-17-19(20)11-5-3-4-6-16(11)26-17/h3-10H,1-2H3,(H,22,23)/b8-7+. The monoisotopic (exact) mass is 391 g/mol. The van der Waals surface area contributed by atoms with E-state index >= 15 is 0 Å². The molecule has 0 spiro atoms. The van der Waals surface area contributed by atoms with E-state index in [-0.39, 0.29) is 11.4 Å². The summed E-state index contributed by atoms with van der Waals surface area (Å²) in [4.78, 5) is 12.9. The van der Waals surface area contributed by atoms with Gasteiger partial charge in [0.05, 0.1) is 24.9 Å². The van der Waals surface area contributed by atoms with Gasteiger partial charge in [0.1, 0.15) is 0 Å². The molecule has 0 saturated carbocycles.